The van der Waals surface area contributed by atoms with Gasteiger partial charge in [-0.1, -0.05) is 44.2 Å². The van der Waals surface area contributed by atoms with Gasteiger partial charge in [-0.25, -0.2) is 0 Å². The van der Waals surface area contributed by atoms with Crippen LogP contribution in [0.1, 0.15) is 39.2 Å². The van der Waals surface area contributed by atoms with Crippen molar-refractivity contribution in [3.63, 3.8) is 0 Å². The van der Waals surface area contributed by atoms with Crippen molar-refractivity contribution in [2.75, 3.05) is 0 Å². The van der Waals surface area contributed by atoms with Crippen molar-refractivity contribution < 1.29 is 4.79 Å². The number of hydrogen-bond acceptors (Lipinski definition) is 1. The average Bonchev–Trinajstić information content (AvgIpc) is 2.28. The maximum absolute atomic E-state index is 11.9. The Kier molecular flexibility index (Phi) is 4.53. The van der Waals surface area contributed by atoms with Gasteiger partial charge in [-0.15, -0.1) is 0 Å². The maximum Gasteiger partial charge on any atom is 0.227 e. The van der Waals surface area contributed by atoms with E-state index in [-0.39, 0.29) is 17.9 Å². The summed E-state index contributed by atoms with van der Waals surface area (Å²) in [6.45, 7) is 8.20. The van der Waals surface area contributed by atoms with Crippen molar-refractivity contribution in [2.24, 2.45) is 5.92 Å². The van der Waals surface area contributed by atoms with Crippen LogP contribution in [0, 0.1) is 5.92 Å². The number of carbonyl (C=O) groups is 1. The van der Waals surface area contributed by atoms with Gasteiger partial charge in [0, 0.05) is 6.04 Å². The molecule has 0 aromatic heterocycles. The highest BCUT2D eigenvalue weighted by atomic mass is 16.1. The van der Waals surface area contributed by atoms with E-state index >= 15 is 0 Å². The Hall–Kier alpha value is -1.31. The molecule has 16 heavy (non-hydrogen) atoms. The minimum absolute atomic E-state index is 0.0811. The normalized spacial score (nSPS) is 14.6. The first-order chi connectivity index (χ1) is 7.52. The van der Waals surface area contributed by atoms with Crippen LogP contribution in [0.5, 0.6) is 0 Å². The molecule has 1 N–H and O–H groups in total. The third-order valence-electron chi connectivity index (χ3n) is 3.06. The fourth-order valence-electron chi connectivity index (χ4n) is 1.41. The first-order valence-corrected chi connectivity index (χ1v) is 5.87. The topological polar surface area (TPSA) is 29.1 Å². The number of benzene rings is 1. The van der Waals surface area contributed by atoms with Crippen molar-refractivity contribution in [3.05, 3.63) is 35.9 Å². The van der Waals surface area contributed by atoms with Crippen LogP contribution in [0.3, 0.4) is 0 Å². The minimum Gasteiger partial charge on any atom is -0.353 e. The first kappa shape index (κ1) is 12.8. The molecule has 1 aromatic carbocycles. The summed E-state index contributed by atoms with van der Waals surface area (Å²) in [5.74, 6) is 0.488. The van der Waals surface area contributed by atoms with Gasteiger partial charge >= 0.3 is 0 Å². The summed E-state index contributed by atoms with van der Waals surface area (Å²) in [6.07, 6.45) is 0. The Morgan fingerprint density at radius 2 is 1.62 bits per heavy atom. The minimum atomic E-state index is -0.0811. The summed E-state index contributed by atoms with van der Waals surface area (Å²) in [5, 5.41) is 3.04. The van der Waals surface area contributed by atoms with E-state index in [4.69, 9.17) is 0 Å². The van der Waals surface area contributed by atoms with Gasteiger partial charge in [-0.2, -0.15) is 0 Å². The third-order valence-corrected chi connectivity index (χ3v) is 3.06. The van der Waals surface area contributed by atoms with E-state index in [2.05, 4.69) is 19.2 Å². The zero-order chi connectivity index (χ0) is 12.1. The number of rotatable bonds is 4. The molecule has 88 valence electrons. The van der Waals surface area contributed by atoms with Crippen LogP contribution in [0.4, 0.5) is 0 Å². The van der Waals surface area contributed by atoms with E-state index in [0.29, 0.717) is 5.92 Å². The van der Waals surface area contributed by atoms with E-state index in [1.165, 1.54) is 0 Å². The molecule has 0 aliphatic heterocycles. The zero-order valence-electron chi connectivity index (χ0n) is 10.5. The molecule has 1 unspecified atom stereocenters. The van der Waals surface area contributed by atoms with Crippen LogP contribution in [0.2, 0.25) is 0 Å². The van der Waals surface area contributed by atoms with Gasteiger partial charge in [0.25, 0.3) is 0 Å². The molecule has 0 saturated carbocycles. The molecule has 0 aliphatic carbocycles. The summed E-state index contributed by atoms with van der Waals surface area (Å²) in [5.41, 5.74) is 1.07. The van der Waals surface area contributed by atoms with Gasteiger partial charge in [0.05, 0.1) is 5.92 Å². The van der Waals surface area contributed by atoms with E-state index < -0.39 is 0 Å². The van der Waals surface area contributed by atoms with Crippen LogP contribution < -0.4 is 5.32 Å². The molecule has 0 aliphatic rings. The van der Waals surface area contributed by atoms with Gasteiger partial charge in [-0.05, 0) is 25.3 Å². The molecular formula is C14H21NO. The highest BCUT2D eigenvalue weighted by Gasteiger charge is 2.17. The van der Waals surface area contributed by atoms with E-state index in [9.17, 15) is 4.79 Å². The van der Waals surface area contributed by atoms with E-state index in [0.717, 1.165) is 5.56 Å². The fourth-order valence-corrected chi connectivity index (χ4v) is 1.41. The van der Waals surface area contributed by atoms with Crippen LogP contribution in [-0.2, 0) is 4.79 Å². The van der Waals surface area contributed by atoms with Crippen molar-refractivity contribution in [2.45, 2.75) is 39.7 Å². The Labute approximate surface area is 98.1 Å². The molecule has 0 bridgehead atoms. The molecule has 0 radical (unpaired) electrons. The van der Waals surface area contributed by atoms with Crippen molar-refractivity contribution in [3.8, 4) is 0 Å². The first-order valence-electron chi connectivity index (χ1n) is 5.87. The number of hydrogen-bond donors (Lipinski definition) is 1. The zero-order valence-corrected chi connectivity index (χ0v) is 10.5. The number of carbonyl (C=O) groups excluding carboxylic acids is 1. The molecule has 0 spiro atoms. The molecule has 2 atom stereocenters. The van der Waals surface area contributed by atoms with Crippen molar-refractivity contribution in [1.82, 2.24) is 5.32 Å². The molecule has 1 amide bonds. The second kappa shape index (κ2) is 5.69. The molecule has 0 saturated heterocycles. The monoisotopic (exact) mass is 219 g/mol. The van der Waals surface area contributed by atoms with Crippen molar-refractivity contribution in [1.29, 1.82) is 0 Å². The van der Waals surface area contributed by atoms with E-state index in [1.54, 1.807) is 0 Å². The highest BCUT2D eigenvalue weighted by Crippen LogP contribution is 2.15. The third kappa shape index (κ3) is 3.37. The van der Waals surface area contributed by atoms with Crippen LogP contribution in [0.15, 0.2) is 30.3 Å². The summed E-state index contributed by atoms with van der Waals surface area (Å²) < 4.78 is 0. The van der Waals surface area contributed by atoms with Gasteiger partial charge < -0.3 is 5.32 Å². The molecule has 2 heteroatoms. The lowest BCUT2D eigenvalue weighted by molar-refractivity contribution is -0.123. The summed E-state index contributed by atoms with van der Waals surface area (Å²) in [7, 11) is 0. The summed E-state index contributed by atoms with van der Waals surface area (Å²) in [4.78, 5) is 11.9. The standard InChI is InChI=1S/C14H21NO/c1-10(2)12(4)15-14(16)11(3)13-8-6-5-7-9-13/h5-12H,1-4H3,(H,15,16)/t11-,12?/m1/s1. The summed E-state index contributed by atoms with van der Waals surface area (Å²) in [6, 6.07) is 10.1. The Balaban J connectivity index is 2.62. The smallest absolute Gasteiger partial charge is 0.227 e. The predicted octanol–water partition coefficient (Wildman–Crippen LogP) is 2.95. The van der Waals surface area contributed by atoms with Gasteiger partial charge in [0.1, 0.15) is 0 Å². The lowest BCUT2D eigenvalue weighted by Gasteiger charge is -2.20. The largest absolute Gasteiger partial charge is 0.353 e. The number of nitrogens with one attached hydrogen (secondary N) is 1. The Morgan fingerprint density at radius 3 is 2.12 bits per heavy atom. The molecule has 1 aromatic rings. The fraction of sp³-hybridized carbons (Fsp3) is 0.500. The van der Waals surface area contributed by atoms with Gasteiger partial charge in [0.2, 0.25) is 5.91 Å². The second-order valence-corrected chi connectivity index (χ2v) is 4.67. The van der Waals surface area contributed by atoms with E-state index in [1.807, 2.05) is 44.2 Å². The summed E-state index contributed by atoms with van der Waals surface area (Å²) >= 11 is 0. The molecular weight excluding hydrogens is 198 g/mol. The Bertz CT molecular complexity index is 332. The quantitative estimate of drug-likeness (QED) is 0.828. The maximum atomic E-state index is 11.9. The van der Waals surface area contributed by atoms with Crippen molar-refractivity contribution >= 4 is 5.91 Å². The van der Waals surface area contributed by atoms with Crippen LogP contribution in [-0.4, -0.2) is 11.9 Å². The molecule has 1 rings (SSSR count). The Morgan fingerprint density at radius 1 is 1.06 bits per heavy atom. The SMILES string of the molecule is CC(C)C(C)NC(=O)[C@H](C)c1ccccc1. The van der Waals surface area contributed by atoms with Gasteiger partial charge in [0.15, 0.2) is 0 Å². The lowest BCUT2D eigenvalue weighted by Crippen LogP contribution is -2.38. The highest BCUT2D eigenvalue weighted by molar-refractivity contribution is 5.83. The second-order valence-electron chi connectivity index (χ2n) is 4.67. The predicted molar refractivity (Wildman–Crippen MR) is 67.3 cm³/mol. The average molecular weight is 219 g/mol. The van der Waals surface area contributed by atoms with Crippen LogP contribution in [0.25, 0.3) is 0 Å². The molecule has 0 fully saturated rings. The molecule has 0 heterocycles. The lowest BCUT2D eigenvalue weighted by atomic mass is 9.99. The van der Waals surface area contributed by atoms with Gasteiger partial charge in [-0.3, -0.25) is 4.79 Å². The van der Waals surface area contributed by atoms with Crippen LogP contribution >= 0.6 is 0 Å². The number of amides is 1. The molecule has 2 nitrogen and oxygen atoms in total.